The first-order valence-corrected chi connectivity index (χ1v) is 9.44. The van der Waals surface area contributed by atoms with Gasteiger partial charge in [-0.15, -0.1) is 0 Å². The third kappa shape index (κ3) is 4.27. The minimum absolute atomic E-state index is 0.0409. The molecule has 6 N–H and O–H groups in total. The quantitative estimate of drug-likeness (QED) is 0.267. The van der Waals surface area contributed by atoms with Crippen LogP contribution in [0, 0.1) is 5.92 Å². The van der Waals surface area contributed by atoms with Gasteiger partial charge in [0.2, 0.25) is 0 Å². The highest BCUT2D eigenvalue weighted by atomic mass is 32.1. The van der Waals surface area contributed by atoms with Crippen LogP contribution in [-0.4, -0.2) is 48.1 Å². The molecule has 2 atom stereocenters. The summed E-state index contributed by atoms with van der Waals surface area (Å²) in [6.07, 6.45) is 0.0969. The van der Waals surface area contributed by atoms with Gasteiger partial charge in [-0.25, -0.2) is 0 Å². The molecule has 0 aromatic heterocycles. The maximum atomic E-state index is 11.2. The molecule has 0 saturated carbocycles. The molecule has 11 heteroatoms. The molecule has 0 aromatic rings. The Morgan fingerprint density at radius 3 is 2.11 bits per heavy atom. The number of thiol groups is 1. The van der Waals surface area contributed by atoms with Crippen molar-refractivity contribution in [2.45, 2.75) is 29.6 Å². The molecule has 0 bridgehead atoms. The molecule has 1 heterocycles. The van der Waals surface area contributed by atoms with Crippen LogP contribution in [0.15, 0.2) is 0 Å². The molecule has 0 amide bonds. The lowest BCUT2D eigenvalue weighted by atomic mass is 9.94. The first kappa shape index (κ1) is 17.6. The number of hydrogen-bond acceptors (Lipinski definition) is 5. The predicted octanol–water partition coefficient (Wildman–Crippen LogP) is -0.324. The second-order valence-corrected chi connectivity index (χ2v) is 9.55. The van der Waals surface area contributed by atoms with Gasteiger partial charge in [0, 0.05) is 18.2 Å². The Morgan fingerprint density at radius 1 is 1.16 bits per heavy atom. The summed E-state index contributed by atoms with van der Waals surface area (Å²) in [4.78, 5) is 36.0. The molecule has 0 radical (unpaired) electrons. The Balaban J connectivity index is 2.75. The van der Waals surface area contributed by atoms with E-state index in [9.17, 15) is 14.2 Å². The van der Waals surface area contributed by atoms with E-state index in [0.29, 0.717) is 19.5 Å². The third-order valence-electron chi connectivity index (χ3n) is 3.24. The zero-order chi connectivity index (χ0) is 14.9. The van der Waals surface area contributed by atoms with Crippen LogP contribution in [0.4, 0.5) is 0 Å². The van der Waals surface area contributed by atoms with Gasteiger partial charge in [-0.1, -0.05) is 0 Å². The van der Waals surface area contributed by atoms with E-state index in [0.717, 1.165) is 0 Å². The van der Waals surface area contributed by atoms with Gasteiger partial charge in [-0.2, -0.15) is 12.6 Å². The Morgan fingerprint density at radius 2 is 1.68 bits per heavy atom. The van der Waals surface area contributed by atoms with E-state index < -0.39 is 26.7 Å². The average molecular weight is 335 g/mol. The summed E-state index contributed by atoms with van der Waals surface area (Å²) in [6.45, 7) is 1.27. The fraction of sp³-hybridized carbons (Fsp3) is 1.00. The van der Waals surface area contributed by atoms with E-state index in [-0.39, 0.29) is 17.6 Å². The van der Waals surface area contributed by atoms with Gasteiger partial charge in [0.15, 0.2) is 0 Å². The Labute approximate surface area is 116 Å². The van der Waals surface area contributed by atoms with E-state index in [2.05, 4.69) is 17.9 Å². The third-order valence-corrected chi connectivity index (χ3v) is 7.51. The van der Waals surface area contributed by atoms with Crippen LogP contribution in [0.5, 0.6) is 0 Å². The maximum absolute atomic E-state index is 11.2. The Bertz CT molecular complexity index is 386. The summed E-state index contributed by atoms with van der Waals surface area (Å²) in [5.41, 5.74) is 0. The van der Waals surface area contributed by atoms with E-state index in [1.54, 1.807) is 0 Å². The maximum Gasteiger partial charge on any atom is 0.369 e. The van der Waals surface area contributed by atoms with Crippen molar-refractivity contribution in [3.8, 4) is 0 Å². The standard InChI is InChI=1S/C8H19NO7P2S/c10-8(17(11,12)13,18(14,15)16)2-1-6-3-7(19)5-9-4-6/h6-7,9-10,19H,1-5H2,(H2,11,12,13)(H2,14,15,16). The van der Waals surface area contributed by atoms with Crippen molar-refractivity contribution in [1.29, 1.82) is 0 Å². The van der Waals surface area contributed by atoms with Crippen LogP contribution < -0.4 is 5.32 Å². The van der Waals surface area contributed by atoms with Crippen molar-refractivity contribution < 1.29 is 33.8 Å². The zero-order valence-electron chi connectivity index (χ0n) is 10.1. The van der Waals surface area contributed by atoms with Crippen molar-refractivity contribution in [2.24, 2.45) is 5.92 Å². The van der Waals surface area contributed by atoms with Crippen molar-refractivity contribution in [3.05, 3.63) is 0 Å². The molecule has 114 valence electrons. The van der Waals surface area contributed by atoms with Crippen molar-refractivity contribution >= 4 is 27.8 Å². The molecule has 2 unspecified atom stereocenters. The fourth-order valence-electron chi connectivity index (χ4n) is 2.08. The summed E-state index contributed by atoms with van der Waals surface area (Å²) in [5, 5.41) is 9.55. The van der Waals surface area contributed by atoms with Crippen molar-refractivity contribution in [1.82, 2.24) is 5.32 Å². The van der Waals surface area contributed by atoms with E-state index in [1.807, 2.05) is 0 Å². The normalized spacial score (nSPS) is 26.4. The van der Waals surface area contributed by atoms with Crippen molar-refractivity contribution in [3.63, 3.8) is 0 Å². The SMILES string of the molecule is O=P(O)(O)C(O)(CCC1CNCC(S)C1)P(=O)(O)O. The fourth-order valence-corrected chi connectivity index (χ4v) is 4.71. The minimum Gasteiger partial charge on any atom is -0.368 e. The number of rotatable bonds is 5. The lowest BCUT2D eigenvalue weighted by Crippen LogP contribution is -2.38. The second-order valence-electron chi connectivity index (χ2n) is 4.81. The highest BCUT2D eigenvalue weighted by Gasteiger charge is 2.58. The molecule has 0 aromatic carbocycles. The molecule has 8 nitrogen and oxygen atoms in total. The molecule has 0 spiro atoms. The van der Waals surface area contributed by atoms with Crippen LogP contribution >= 0.6 is 27.8 Å². The van der Waals surface area contributed by atoms with Gasteiger partial charge < -0.3 is 30.0 Å². The molecule has 1 rings (SSSR count). The summed E-state index contributed by atoms with van der Waals surface area (Å²) < 4.78 is 22.3. The van der Waals surface area contributed by atoms with Crippen LogP contribution in [0.1, 0.15) is 19.3 Å². The minimum atomic E-state index is -5.34. The van der Waals surface area contributed by atoms with Crippen LogP contribution in [0.3, 0.4) is 0 Å². The summed E-state index contributed by atoms with van der Waals surface area (Å²) in [6, 6.07) is 0. The van der Waals surface area contributed by atoms with Gasteiger partial charge in [-0.3, -0.25) is 9.13 Å². The second kappa shape index (κ2) is 6.13. The highest BCUT2D eigenvalue weighted by molar-refractivity contribution is 7.81. The van der Waals surface area contributed by atoms with E-state index in [1.165, 1.54) is 0 Å². The number of nitrogens with one attached hydrogen (secondary N) is 1. The Kier molecular flexibility index (Phi) is 5.69. The largest absolute Gasteiger partial charge is 0.369 e. The van der Waals surface area contributed by atoms with Crippen LogP contribution in [0.2, 0.25) is 0 Å². The molecular weight excluding hydrogens is 316 g/mol. The Hall–Kier alpha value is 0.570. The number of hydrogen-bond donors (Lipinski definition) is 7. The molecule has 19 heavy (non-hydrogen) atoms. The summed E-state index contributed by atoms with van der Waals surface area (Å²) in [5.74, 6) is -0.0409. The van der Waals surface area contributed by atoms with Crippen molar-refractivity contribution in [2.75, 3.05) is 13.1 Å². The molecule has 1 fully saturated rings. The molecular formula is C8H19NO7P2S. The van der Waals surface area contributed by atoms with Gasteiger partial charge in [-0.05, 0) is 25.3 Å². The van der Waals surface area contributed by atoms with Gasteiger partial charge in [0.1, 0.15) is 0 Å². The first-order chi connectivity index (χ1) is 8.47. The summed E-state index contributed by atoms with van der Waals surface area (Å²) >= 11 is 4.27. The molecule has 1 aliphatic rings. The van der Waals surface area contributed by atoms with Gasteiger partial charge >= 0.3 is 15.2 Å². The smallest absolute Gasteiger partial charge is 0.368 e. The lowest BCUT2D eigenvalue weighted by Gasteiger charge is -2.32. The lowest BCUT2D eigenvalue weighted by molar-refractivity contribution is 0.114. The first-order valence-electron chi connectivity index (χ1n) is 5.70. The molecule has 1 aliphatic heterocycles. The van der Waals surface area contributed by atoms with E-state index >= 15 is 0 Å². The van der Waals surface area contributed by atoms with Crippen LogP contribution in [-0.2, 0) is 9.13 Å². The average Bonchev–Trinajstić information content (AvgIpc) is 2.22. The monoisotopic (exact) mass is 335 g/mol. The van der Waals surface area contributed by atoms with Gasteiger partial charge in [0.05, 0.1) is 0 Å². The number of aliphatic hydroxyl groups is 1. The number of piperidine rings is 1. The topological polar surface area (TPSA) is 147 Å². The van der Waals surface area contributed by atoms with E-state index in [4.69, 9.17) is 19.6 Å². The summed E-state index contributed by atoms with van der Waals surface area (Å²) in [7, 11) is -10.7. The molecule has 0 aliphatic carbocycles. The highest BCUT2D eigenvalue weighted by Crippen LogP contribution is 2.69. The predicted molar refractivity (Wildman–Crippen MR) is 72.0 cm³/mol. The molecule has 1 saturated heterocycles. The van der Waals surface area contributed by atoms with Crippen LogP contribution in [0.25, 0.3) is 0 Å². The van der Waals surface area contributed by atoms with Gasteiger partial charge in [0.25, 0.3) is 5.08 Å². The zero-order valence-corrected chi connectivity index (χ0v) is 12.8.